The number of rotatable bonds is 11. The first-order chi connectivity index (χ1) is 20.5. The number of sulfonamides is 1. The van der Waals surface area contributed by atoms with Gasteiger partial charge in [-0.15, -0.1) is 0 Å². The second-order valence-electron chi connectivity index (χ2n) is 10.4. The van der Waals surface area contributed by atoms with Crippen LogP contribution in [0.25, 0.3) is 0 Å². The third-order valence-corrected chi connectivity index (χ3v) is 10.2. The van der Waals surface area contributed by atoms with E-state index in [0.29, 0.717) is 21.4 Å². The second-order valence-corrected chi connectivity index (χ2v) is 13.5. The van der Waals surface area contributed by atoms with Crippen molar-refractivity contribution in [1.29, 1.82) is 0 Å². The fourth-order valence-corrected chi connectivity index (χ4v) is 7.19. The minimum Gasteiger partial charge on any atom is -0.495 e. The van der Waals surface area contributed by atoms with E-state index in [2.05, 4.69) is 5.32 Å². The summed E-state index contributed by atoms with van der Waals surface area (Å²) < 4.78 is 34.1. The minimum absolute atomic E-state index is 0.00914. The molecule has 2 amide bonds. The molecule has 1 aliphatic rings. The molecule has 43 heavy (non-hydrogen) atoms. The van der Waals surface area contributed by atoms with Crippen molar-refractivity contribution in [2.45, 2.75) is 62.6 Å². The smallest absolute Gasteiger partial charge is 0.264 e. The third kappa shape index (κ3) is 8.15. The van der Waals surface area contributed by atoms with Gasteiger partial charge in [-0.1, -0.05) is 78.3 Å². The van der Waals surface area contributed by atoms with Crippen LogP contribution in [0.15, 0.2) is 71.6 Å². The summed E-state index contributed by atoms with van der Waals surface area (Å²) in [5.74, 6) is -0.583. The van der Waals surface area contributed by atoms with E-state index >= 15 is 0 Å². The Balaban J connectivity index is 1.71. The van der Waals surface area contributed by atoms with E-state index in [1.54, 1.807) is 43.3 Å². The molecule has 0 spiro atoms. The van der Waals surface area contributed by atoms with Gasteiger partial charge < -0.3 is 15.0 Å². The summed E-state index contributed by atoms with van der Waals surface area (Å²) in [5.41, 5.74) is 0.716. The molecule has 1 aliphatic carbocycles. The lowest BCUT2D eigenvalue weighted by atomic mass is 9.95. The Bertz CT molecular complexity index is 1550. The van der Waals surface area contributed by atoms with Crippen molar-refractivity contribution in [2.24, 2.45) is 0 Å². The molecule has 0 bridgehead atoms. The quantitative estimate of drug-likeness (QED) is 0.245. The van der Waals surface area contributed by atoms with E-state index in [4.69, 9.17) is 39.5 Å². The number of benzene rings is 3. The highest BCUT2D eigenvalue weighted by atomic mass is 35.5. The van der Waals surface area contributed by atoms with Gasteiger partial charge in [-0.25, -0.2) is 8.42 Å². The zero-order valence-electron chi connectivity index (χ0n) is 23.9. The van der Waals surface area contributed by atoms with E-state index < -0.39 is 28.5 Å². The highest BCUT2D eigenvalue weighted by Gasteiger charge is 2.33. The Labute approximate surface area is 267 Å². The van der Waals surface area contributed by atoms with E-state index in [1.807, 2.05) is 0 Å². The van der Waals surface area contributed by atoms with Crippen LogP contribution >= 0.6 is 34.8 Å². The molecular formula is C31H34Cl3N3O5S. The van der Waals surface area contributed by atoms with E-state index in [-0.39, 0.29) is 34.1 Å². The summed E-state index contributed by atoms with van der Waals surface area (Å²) in [4.78, 5) is 28.9. The summed E-state index contributed by atoms with van der Waals surface area (Å²) in [6.45, 7) is 0.975. The molecular weight excluding hydrogens is 633 g/mol. The Hall–Kier alpha value is -2.98. The zero-order chi connectivity index (χ0) is 31.1. The number of carbonyl (C=O) groups is 2. The van der Waals surface area contributed by atoms with Gasteiger partial charge in [-0.3, -0.25) is 13.9 Å². The largest absolute Gasteiger partial charge is 0.495 e. The molecule has 12 heteroatoms. The van der Waals surface area contributed by atoms with E-state index in [9.17, 15) is 18.0 Å². The first kappa shape index (κ1) is 32.9. The summed E-state index contributed by atoms with van der Waals surface area (Å²) >= 11 is 18.9. The van der Waals surface area contributed by atoms with Gasteiger partial charge in [-0.05, 0) is 67.8 Å². The van der Waals surface area contributed by atoms with Crippen LogP contribution in [0, 0.1) is 0 Å². The molecule has 3 aromatic rings. The average Bonchev–Trinajstić information content (AvgIpc) is 3.00. The summed E-state index contributed by atoms with van der Waals surface area (Å²) in [5, 5.41) is 3.99. The van der Waals surface area contributed by atoms with E-state index in [0.717, 1.165) is 36.4 Å². The number of ether oxygens (including phenoxy) is 1. The first-order valence-corrected chi connectivity index (χ1v) is 16.5. The van der Waals surface area contributed by atoms with Crippen LogP contribution < -0.4 is 14.4 Å². The van der Waals surface area contributed by atoms with Crippen molar-refractivity contribution in [3.63, 3.8) is 0 Å². The maximum Gasteiger partial charge on any atom is 0.264 e. The van der Waals surface area contributed by atoms with Gasteiger partial charge >= 0.3 is 0 Å². The maximum atomic E-state index is 14.1. The van der Waals surface area contributed by atoms with Crippen LogP contribution in [0.2, 0.25) is 15.1 Å². The van der Waals surface area contributed by atoms with Gasteiger partial charge in [-0.2, -0.15) is 0 Å². The van der Waals surface area contributed by atoms with Crippen molar-refractivity contribution in [2.75, 3.05) is 18.0 Å². The van der Waals surface area contributed by atoms with Gasteiger partial charge in [0.2, 0.25) is 11.8 Å². The Morgan fingerprint density at radius 3 is 2.28 bits per heavy atom. The highest BCUT2D eigenvalue weighted by Crippen LogP contribution is 2.32. The van der Waals surface area contributed by atoms with Gasteiger partial charge in [0.1, 0.15) is 18.3 Å². The number of carbonyl (C=O) groups excluding carboxylic acids is 2. The molecule has 1 atom stereocenters. The molecule has 0 heterocycles. The number of anilines is 1. The first-order valence-electron chi connectivity index (χ1n) is 14.0. The van der Waals surface area contributed by atoms with Gasteiger partial charge in [0.25, 0.3) is 10.0 Å². The van der Waals surface area contributed by atoms with Crippen molar-refractivity contribution < 1.29 is 22.7 Å². The number of hydrogen-bond donors (Lipinski definition) is 1. The lowest BCUT2D eigenvalue weighted by molar-refractivity contribution is -0.139. The Morgan fingerprint density at radius 1 is 0.953 bits per heavy atom. The minimum atomic E-state index is -4.23. The van der Waals surface area contributed by atoms with Crippen LogP contribution in [0.1, 0.15) is 44.6 Å². The molecule has 4 rings (SSSR count). The zero-order valence-corrected chi connectivity index (χ0v) is 27.0. The molecule has 0 aliphatic heterocycles. The Morgan fingerprint density at radius 2 is 1.65 bits per heavy atom. The summed E-state index contributed by atoms with van der Waals surface area (Å²) in [7, 11) is -2.79. The predicted octanol–water partition coefficient (Wildman–Crippen LogP) is 6.72. The second kappa shape index (κ2) is 14.7. The fourth-order valence-electron chi connectivity index (χ4n) is 5.04. The van der Waals surface area contributed by atoms with Crippen molar-refractivity contribution in [1.82, 2.24) is 10.2 Å². The number of nitrogens with one attached hydrogen (secondary N) is 1. The van der Waals surface area contributed by atoms with Gasteiger partial charge in [0.15, 0.2) is 0 Å². The lowest BCUT2D eigenvalue weighted by Gasteiger charge is -2.33. The SMILES string of the molecule is COc1ccc(N(CC(=O)N(Cc2ccc(Cl)cc2Cl)[C@H](C)C(=O)NC2CCCCC2)S(=O)(=O)c2ccccc2)cc1Cl. The number of methoxy groups -OCH3 is 1. The highest BCUT2D eigenvalue weighted by molar-refractivity contribution is 7.92. The maximum absolute atomic E-state index is 14.1. The Kier molecular flexibility index (Phi) is 11.2. The number of hydrogen-bond acceptors (Lipinski definition) is 5. The normalized spacial score (nSPS) is 14.5. The average molecular weight is 667 g/mol. The molecule has 230 valence electrons. The van der Waals surface area contributed by atoms with E-state index in [1.165, 1.54) is 42.3 Å². The number of amides is 2. The van der Waals surface area contributed by atoms with Crippen molar-refractivity contribution in [3.05, 3.63) is 87.4 Å². The monoisotopic (exact) mass is 665 g/mol. The molecule has 0 unspecified atom stereocenters. The molecule has 1 fully saturated rings. The molecule has 1 saturated carbocycles. The fraction of sp³-hybridized carbons (Fsp3) is 0.355. The van der Waals surface area contributed by atoms with Crippen LogP contribution in [0.3, 0.4) is 0 Å². The van der Waals surface area contributed by atoms with Crippen LogP contribution in [0.4, 0.5) is 5.69 Å². The topological polar surface area (TPSA) is 96.0 Å². The van der Waals surface area contributed by atoms with Crippen LogP contribution in [-0.2, 0) is 26.2 Å². The number of halogens is 3. The van der Waals surface area contributed by atoms with Crippen molar-refractivity contribution in [3.8, 4) is 5.75 Å². The van der Waals surface area contributed by atoms with Gasteiger partial charge in [0.05, 0.1) is 22.7 Å². The number of nitrogens with zero attached hydrogens (tertiary/aromatic N) is 2. The third-order valence-electron chi connectivity index (χ3n) is 7.51. The molecule has 0 radical (unpaired) electrons. The van der Waals surface area contributed by atoms with Gasteiger partial charge in [0, 0.05) is 22.6 Å². The molecule has 8 nitrogen and oxygen atoms in total. The summed E-state index contributed by atoms with van der Waals surface area (Å²) in [6.07, 6.45) is 4.92. The lowest BCUT2D eigenvalue weighted by Crippen LogP contribution is -2.53. The molecule has 3 aromatic carbocycles. The van der Waals surface area contributed by atoms with Crippen LogP contribution in [-0.4, -0.2) is 50.9 Å². The molecule has 1 N–H and O–H groups in total. The molecule has 0 aromatic heterocycles. The van der Waals surface area contributed by atoms with Crippen LogP contribution in [0.5, 0.6) is 5.75 Å². The predicted molar refractivity (Wildman–Crippen MR) is 170 cm³/mol. The summed E-state index contributed by atoms with van der Waals surface area (Å²) in [6, 6.07) is 16.2. The molecule has 0 saturated heterocycles. The standard InChI is InChI=1S/C31H34Cl3N3O5S/c1-21(31(39)35-24-9-5-3-6-10-24)36(19-22-13-14-23(32)17-27(22)33)30(38)20-37(25-15-16-29(42-2)28(34)18-25)43(40,41)26-11-7-4-8-12-26/h4,7-8,11-18,21,24H,3,5-6,9-10,19-20H2,1-2H3,(H,35,39)/t21-/m1/s1. The van der Waals surface area contributed by atoms with Crippen molar-refractivity contribution >= 4 is 62.3 Å².